The van der Waals surface area contributed by atoms with Crippen molar-refractivity contribution in [3.8, 4) is 0 Å². The van der Waals surface area contributed by atoms with Gasteiger partial charge in [-0.3, -0.25) is 4.79 Å². The number of nitrogens with zero attached hydrogens (tertiary/aromatic N) is 1. The number of nitrogens with one attached hydrogen (secondary N) is 2. The van der Waals surface area contributed by atoms with Crippen molar-refractivity contribution in [3.63, 3.8) is 0 Å². The van der Waals surface area contributed by atoms with E-state index in [0.29, 0.717) is 23.4 Å². The normalized spacial score (nSPS) is 17.7. The number of benzene rings is 2. The molecule has 2 N–H and O–H groups in total. The summed E-state index contributed by atoms with van der Waals surface area (Å²) in [6.45, 7) is 0. The monoisotopic (exact) mass is 369 g/mol. The standard InChI is InChI=1S/C19H19N3O3S/c23-15-8-6-13(10-15)19-21-17-9-7-14(11-18(17)22-19)20-12-26(24,25)16-4-2-1-3-5-16/h1-5,7,9,11,13,20H,6,8,10,12H2,(H,21,22). The number of anilines is 1. The molecule has 0 saturated heterocycles. The first-order valence-electron chi connectivity index (χ1n) is 8.54. The van der Waals surface area contributed by atoms with Crippen LogP contribution in [-0.2, 0) is 14.6 Å². The summed E-state index contributed by atoms with van der Waals surface area (Å²) >= 11 is 0. The van der Waals surface area contributed by atoms with Gasteiger partial charge in [0, 0.05) is 24.4 Å². The van der Waals surface area contributed by atoms with Crippen molar-refractivity contribution >= 4 is 32.3 Å². The number of imidazole rings is 1. The van der Waals surface area contributed by atoms with Crippen molar-refractivity contribution < 1.29 is 13.2 Å². The number of ketones is 1. The third-order valence-electron chi connectivity index (χ3n) is 4.70. The summed E-state index contributed by atoms with van der Waals surface area (Å²) in [5.41, 5.74) is 2.35. The van der Waals surface area contributed by atoms with Gasteiger partial charge in [-0.15, -0.1) is 0 Å². The Morgan fingerprint density at radius 1 is 1.15 bits per heavy atom. The maximum Gasteiger partial charge on any atom is 0.196 e. The molecule has 3 aromatic rings. The van der Waals surface area contributed by atoms with Crippen LogP contribution in [-0.4, -0.2) is 30.0 Å². The highest BCUT2D eigenvalue weighted by molar-refractivity contribution is 7.91. The van der Waals surface area contributed by atoms with Crippen molar-refractivity contribution in [2.24, 2.45) is 0 Å². The van der Waals surface area contributed by atoms with Gasteiger partial charge in [0.15, 0.2) is 9.84 Å². The Labute approximate surface area is 151 Å². The van der Waals surface area contributed by atoms with E-state index in [4.69, 9.17) is 0 Å². The van der Waals surface area contributed by atoms with E-state index in [1.807, 2.05) is 18.2 Å². The van der Waals surface area contributed by atoms with Crippen LogP contribution in [0.15, 0.2) is 53.4 Å². The zero-order valence-electron chi connectivity index (χ0n) is 14.1. The number of aromatic amines is 1. The van der Waals surface area contributed by atoms with Crippen LogP contribution < -0.4 is 5.32 Å². The van der Waals surface area contributed by atoms with Crippen molar-refractivity contribution in [2.75, 3.05) is 11.2 Å². The first kappa shape index (κ1) is 16.8. The summed E-state index contributed by atoms with van der Waals surface area (Å²) in [6, 6.07) is 13.9. The van der Waals surface area contributed by atoms with Gasteiger partial charge in [0.2, 0.25) is 0 Å². The fourth-order valence-corrected chi connectivity index (χ4v) is 4.36. The van der Waals surface area contributed by atoms with Gasteiger partial charge < -0.3 is 10.3 Å². The van der Waals surface area contributed by atoms with Crippen LogP contribution in [0.25, 0.3) is 11.0 Å². The van der Waals surface area contributed by atoms with Gasteiger partial charge in [-0.2, -0.15) is 0 Å². The lowest BCUT2D eigenvalue weighted by Gasteiger charge is -2.07. The summed E-state index contributed by atoms with van der Waals surface area (Å²) in [7, 11) is -3.40. The predicted octanol–water partition coefficient (Wildman–Crippen LogP) is 3.24. The molecule has 0 aliphatic heterocycles. The molecule has 1 atom stereocenters. The number of H-pyrrole nitrogens is 1. The Bertz CT molecular complexity index is 1060. The number of aromatic nitrogens is 2. The number of carbonyl (C=O) groups excluding carboxylic acids is 1. The summed E-state index contributed by atoms with van der Waals surface area (Å²) in [5.74, 6) is 1.09. The average Bonchev–Trinajstić information content (AvgIpc) is 3.26. The van der Waals surface area contributed by atoms with E-state index in [0.717, 1.165) is 23.3 Å². The van der Waals surface area contributed by atoms with E-state index < -0.39 is 9.84 Å². The van der Waals surface area contributed by atoms with E-state index in [-0.39, 0.29) is 17.6 Å². The first-order valence-corrected chi connectivity index (χ1v) is 10.2. The summed E-state index contributed by atoms with van der Waals surface area (Å²) < 4.78 is 24.7. The van der Waals surface area contributed by atoms with Crippen molar-refractivity contribution in [3.05, 3.63) is 54.4 Å². The SMILES string of the molecule is O=C1CCC(c2nc3ccc(NCS(=O)(=O)c4ccccc4)cc3[nH]2)C1. The Hall–Kier alpha value is -2.67. The molecular weight excluding hydrogens is 350 g/mol. The molecular formula is C19H19N3O3S. The van der Waals surface area contributed by atoms with E-state index in [9.17, 15) is 13.2 Å². The number of hydrogen-bond acceptors (Lipinski definition) is 5. The van der Waals surface area contributed by atoms with Gasteiger partial charge in [-0.1, -0.05) is 18.2 Å². The first-order chi connectivity index (χ1) is 12.5. The number of hydrogen-bond donors (Lipinski definition) is 2. The van der Waals surface area contributed by atoms with E-state index in [1.54, 1.807) is 30.3 Å². The van der Waals surface area contributed by atoms with Gasteiger partial charge in [-0.05, 0) is 36.8 Å². The molecule has 1 aliphatic rings. The molecule has 1 unspecified atom stereocenters. The molecule has 1 fully saturated rings. The summed E-state index contributed by atoms with van der Waals surface area (Å²) in [4.78, 5) is 19.6. The number of Topliss-reactive ketones (excluding diaryl/α,β-unsaturated/α-hetero) is 1. The highest BCUT2D eigenvalue weighted by Gasteiger charge is 2.26. The lowest BCUT2D eigenvalue weighted by Crippen LogP contribution is -2.14. The van der Waals surface area contributed by atoms with Gasteiger partial charge in [0.05, 0.1) is 15.9 Å². The van der Waals surface area contributed by atoms with Crippen LogP contribution in [0.2, 0.25) is 0 Å². The van der Waals surface area contributed by atoms with Gasteiger partial charge in [0.25, 0.3) is 0 Å². The molecule has 0 radical (unpaired) electrons. The molecule has 1 saturated carbocycles. The second-order valence-electron chi connectivity index (χ2n) is 6.58. The van der Waals surface area contributed by atoms with E-state index in [2.05, 4.69) is 15.3 Å². The highest BCUT2D eigenvalue weighted by Crippen LogP contribution is 2.31. The second-order valence-corrected chi connectivity index (χ2v) is 8.57. The Morgan fingerprint density at radius 2 is 1.96 bits per heavy atom. The molecule has 0 amide bonds. The van der Waals surface area contributed by atoms with Crippen molar-refractivity contribution in [2.45, 2.75) is 30.1 Å². The van der Waals surface area contributed by atoms with E-state index >= 15 is 0 Å². The van der Waals surface area contributed by atoms with Gasteiger partial charge >= 0.3 is 0 Å². The zero-order valence-corrected chi connectivity index (χ0v) is 14.9. The lowest BCUT2D eigenvalue weighted by molar-refractivity contribution is -0.117. The van der Waals surface area contributed by atoms with Crippen LogP contribution in [0.1, 0.15) is 31.0 Å². The van der Waals surface area contributed by atoms with Crippen LogP contribution in [0.3, 0.4) is 0 Å². The molecule has 6 nitrogen and oxygen atoms in total. The minimum Gasteiger partial charge on any atom is -0.371 e. The molecule has 0 spiro atoms. The number of fused-ring (bicyclic) bond motifs is 1. The third-order valence-corrected chi connectivity index (χ3v) is 6.22. The zero-order chi connectivity index (χ0) is 18.1. The highest BCUT2D eigenvalue weighted by atomic mass is 32.2. The average molecular weight is 369 g/mol. The van der Waals surface area contributed by atoms with Crippen LogP contribution in [0, 0.1) is 0 Å². The minimum atomic E-state index is -3.40. The topological polar surface area (TPSA) is 91.9 Å². The van der Waals surface area contributed by atoms with Crippen LogP contribution in [0.4, 0.5) is 5.69 Å². The van der Waals surface area contributed by atoms with Crippen molar-refractivity contribution in [1.82, 2.24) is 9.97 Å². The van der Waals surface area contributed by atoms with Crippen molar-refractivity contribution in [1.29, 1.82) is 0 Å². The molecule has 2 aromatic carbocycles. The van der Waals surface area contributed by atoms with E-state index in [1.165, 1.54) is 0 Å². The fraction of sp³-hybridized carbons (Fsp3) is 0.263. The second kappa shape index (κ2) is 6.57. The Balaban J connectivity index is 1.51. The summed E-state index contributed by atoms with van der Waals surface area (Å²) in [5, 5.41) is 2.97. The number of rotatable bonds is 5. The molecule has 1 aromatic heterocycles. The Kier molecular flexibility index (Phi) is 4.24. The smallest absolute Gasteiger partial charge is 0.196 e. The fourth-order valence-electron chi connectivity index (χ4n) is 3.27. The molecule has 26 heavy (non-hydrogen) atoms. The molecule has 1 heterocycles. The number of sulfone groups is 1. The van der Waals surface area contributed by atoms with Crippen LogP contribution >= 0.6 is 0 Å². The summed E-state index contributed by atoms with van der Waals surface area (Å²) in [6.07, 6.45) is 1.99. The molecule has 1 aliphatic carbocycles. The van der Waals surface area contributed by atoms with Crippen LogP contribution in [0.5, 0.6) is 0 Å². The lowest BCUT2D eigenvalue weighted by atomic mass is 10.1. The maximum absolute atomic E-state index is 12.4. The maximum atomic E-state index is 12.4. The largest absolute Gasteiger partial charge is 0.371 e. The molecule has 4 rings (SSSR count). The van der Waals surface area contributed by atoms with Gasteiger partial charge in [0.1, 0.15) is 17.5 Å². The minimum absolute atomic E-state index is 0.157. The number of carbonyl (C=O) groups is 1. The Morgan fingerprint density at radius 3 is 2.69 bits per heavy atom. The van der Waals surface area contributed by atoms with Gasteiger partial charge in [-0.25, -0.2) is 13.4 Å². The molecule has 7 heteroatoms. The third kappa shape index (κ3) is 3.35. The predicted molar refractivity (Wildman–Crippen MR) is 99.8 cm³/mol. The molecule has 134 valence electrons. The molecule has 0 bridgehead atoms. The quantitative estimate of drug-likeness (QED) is 0.720.